The molecule has 1 unspecified atom stereocenters. The molecule has 0 saturated carbocycles. The standard InChI is InChI=1S/C17H17N3/c1-11-7-8-16-14(9-11)19-17(20(16)2)15-10-12-5-3-4-6-13(12)18-15/h3-9,15,18H,10H2,1-2H3. The monoisotopic (exact) mass is 263 g/mol. The zero-order valence-electron chi connectivity index (χ0n) is 11.7. The van der Waals surface area contributed by atoms with Crippen molar-refractivity contribution < 1.29 is 0 Å². The third-order valence-corrected chi connectivity index (χ3v) is 4.15. The van der Waals surface area contributed by atoms with E-state index in [1.807, 2.05) is 0 Å². The molecule has 1 aromatic heterocycles. The van der Waals surface area contributed by atoms with E-state index in [9.17, 15) is 0 Å². The fraction of sp³-hybridized carbons (Fsp3) is 0.235. The van der Waals surface area contributed by atoms with E-state index in [1.165, 1.54) is 22.3 Å². The maximum absolute atomic E-state index is 4.84. The van der Waals surface area contributed by atoms with Crippen molar-refractivity contribution in [1.29, 1.82) is 0 Å². The largest absolute Gasteiger partial charge is 0.375 e. The van der Waals surface area contributed by atoms with Crippen molar-refractivity contribution >= 4 is 16.7 Å². The van der Waals surface area contributed by atoms with Gasteiger partial charge in [-0.25, -0.2) is 4.98 Å². The van der Waals surface area contributed by atoms with Gasteiger partial charge in [0.05, 0.1) is 17.1 Å². The van der Waals surface area contributed by atoms with Gasteiger partial charge in [0.15, 0.2) is 0 Å². The molecule has 0 aliphatic carbocycles. The van der Waals surface area contributed by atoms with Gasteiger partial charge in [0, 0.05) is 19.2 Å². The van der Waals surface area contributed by atoms with Crippen LogP contribution in [0, 0.1) is 6.92 Å². The van der Waals surface area contributed by atoms with Crippen LogP contribution in [-0.2, 0) is 13.5 Å². The van der Waals surface area contributed by atoms with E-state index in [4.69, 9.17) is 4.98 Å². The third kappa shape index (κ3) is 1.63. The van der Waals surface area contributed by atoms with Crippen LogP contribution in [0.2, 0.25) is 0 Å². The topological polar surface area (TPSA) is 29.9 Å². The summed E-state index contributed by atoms with van der Waals surface area (Å²) in [6.45, 7) is 2.11. The van der Waals surface area contributed by atoms with Crippen LogP contribution in [-0.4, -0.2) is 9.55 Å². The molecule has 0 spiro atoms. The Bertz CT molecular complexity index is 776. The molecule has 0 fully saturated rings. The number of hydrogen-bond donors (Lipinski definition) is 1. The minimum Gasteiger partial charge on any atom is -0.375 e. The van der Waals surface area contributed by atoms with Gasteiger partial charge in [-0.15, -0.1) is 0 Å². The van der Waals surface area contributed by atoms with Crippen molar-refractivity contribution in [1.82, 2.24) is 9.55 Å². The molecule has 3 aromatic rings. The number of hydrogen-bond acceptors (Lipinski definition) is 2. The van der Waals surface area contributed by atoms with Gasteiger partial charge < -0.3 is 9.88 Å². The number of rotatable bonds is 1. The minimum absolute atomic E-state index is 0.269. The first kappa shape index (κ1) is 11.5. The molecule has 100 valence electrons. The molecule has 3 nitrogen and oxygen atoms in total. The Morgan fingerprint density at radius 3 is 2.90 bits per heavy atom. The summed E-state index contributed by atoms with van der Waals surface area (Å²) in [6, 6.07) is 15.2. The molecule has 1 N–H and O–H groups in total. The molecule has 4 rings (SSSR count). The van der Waals surface area contributed by atoms with Crippen molar-refractivity contribution in [3.05, 3.63) is 59.4 Å². The Morgan fingerprint density at radius 1 is 1.20 bits per heavy atom. The van der Waals surface area contributed by atoms with Crippen LogP contribution >= 0.6 is 0 Å². The van der Waals surface area contributed by atoms with Crippen LogP contribution < -0.4 is 5.32 Å². The highest BCUT2D eigenvalue weighted by Crippen LogP contribution is 2.34. The van der Waals surface area contributed by atoms with Crippen LogP contribution in [0.1, 0.15) is 23.0 Å². The number of aryl methyl sites for hydroxylation is 2. The summed E-state index contributed by atoms with van der Waals surface area (Å²) in [5, 5.41) is 3.58. The maximum atomic E-state index is 4.84. The number of imidazole rings is 1. The molecular weight excluding hydrogens is 246 g/mol. The number of aromatic nitrogens is 2. The normalized spacial score (nSPS) is 17.2. The van der Waals surface area contributed by atoms with E-state index in [0.29, 0.717) is 0 Å². The van der Waals surface area contributed by atoms with Gasteiger partial charge in [0.1, 0.15) is 5.82 Å². The Kier molecular flexibility index (Phi) is 2.36. The van der Waals surface area contributed by atoms with Crippen molar-refractivity contribution in [2.24, 2.45) is 7.05 Å². The summed E-state index contributed by atoms with van der Waals surface area (Å²) in [7, 11) is 2.10. The Morgan fingerprint density at radius 2 is 2.05 bits per heavy atom. The molecule has 1 atom stereocenters. The van der Waals surface area contributed by atoms with E-state index in [0.717, 1.165) is 17.8 Å². The summed E-state index contributed by atoms with van der Waals surface area (Å²) >= 11 is 0. The molecule has 20 heavy (non-hydrogen) atoms. The molecular formula is C17H17N3. The van der Waals surface area contributed by atoms with Gasteiger partial charge in [-0.1, -0.05) is 24.3 Å². The number of para-hydroxylation sites is 1. The lowest BCUT2D eigenvalue weighted by atomic mass is 10.1. The second kappa shape index (κ2) is 4.10. The van der Waals surface area contributed by atoms with Gasteiger partial charge in [-0.3, -0.25) is 0 Å². The first-order valence-corrected chi connectivity index (χ1v) is 7.00. The lowest BCUT2D eigenvalue weighted by molar-refractivity contribution is 0.704. The molecule has 0 bridgehead atoms. The Balaban J connectivity index is 1.79. The van der Waals surface area contributed by atoms with Crippen molar-refractivity contribution in [2.45, 2.75) is 19.4 Å². The molecule has 3 heteroatoms. The molecule has 1 aliphatic rings. The van der Waals surface area contributed by atoms with Gasteiger partial charge in [-0.2, -0.15) is 0 Å². The maximum Gasteiger partial charge on any atom is 0.132 e. The van der Waals surface area contributed by atoms with Crippen LogP contribution in [0.5, 0.6) is 0 Å². The lowest BCUT2D eigenvalue weighted by Crippen LogP contribution is -2.11. The number of nitrogens with one attached hydrogen (secondary N) is 1. The predicted octanol–water partition coefficient (Wildman–Crippen LogP) is 3.59. The highest BCUT2D eigenvalue weighted by atomic mass is 15.1. The average molecular weight is 263 g/mol. The summed E-state index contributed by atoms with van der Waals surface area (Å²) in [6.07, 6.45) is 1.01. The van der Waals surface area contributed by atoms with Crippen molar-refractivity contribution in [3.63, 3.8) is 0 Å². The summed E-state index contributed by atoms with van der Waals surface area (Å²) < 4.78 is 2.21. The van der Waals surface area contributed by atoms with E-state index >= 15 is 0 Å². The van der Waals surface area contributed by atoms with Gasteiger partial charge in [0.2, 0.25) is 0 Å². The van der Waals surface area contributed by atoms with E-state index in [2.05, 4.69) is 66.3 Å². The van der Waals surface area contributed by atoms with Crippen LogP contribution in [0.4, 0.5) is 5.69 Å². The number of benzene rings is 2. The minimum atomic E-state index is 0.269. The van der Waals surface area contributed by atoms with Crippen molar-refractivity contribution in [2.75, 3.05) is 5.32 Å². The quantitative estimate of drug-likeness (QED) is 0.727. The molecule has 2 heterocycles. The van der Waals surface area contributed by atoms with Crippen LogP contribution in [0.25, 0.3) is 11.0 Å². The number of fused-ring (bicyclic) bond motifs is 2. The number of anilines is 1. The van der Waals surface area contributed by atoms with E-state index in [-0.39, 0.29) is 6.04 Å². The zero-order chi connectivity index (χ0) is 13.7. The first-order chi connectivity index (χ1) is 9.72. The number of nitrogens with zero attached hydrogens (tertiary/aromatic N) is 2. The average Bonchev–Trinajstić information content (AvgIpc) is 3.00. The SMILES string of the molecule is Cc1ccc2c(c1)nc(C1Cc3ccccc3N1)n2C. The fourth-order valence-corrected chi connectivity index (χ4v) is 3.09. The second-order valence-electron chi connectivity index (χ2n) is 5.58. The third-order valence-electron chi connectivity index (χ3n) is 4.15. The molecule has 2 aromatic carbocycles. The van der Waals surface area contributed by atoms with Crippen LogP contribution in [0.15, 0.2) is 42.5 Å². The van der Waals surface area contributed by atoms with Crippen LogP contribution in [0.3, 0.4) is 0 Å². The van der Waals surface area contributed by atoms with Gasteiger partial charge >= 0.3 is 0 Å². The van der Waals surface area contributed by atoms with E-state index in [1.54, 1.807) is 0 Å². The lowest BCUT2D eigenvalue weighted by Gasteiger charge is -2.11. The molecule has 0 amide bonds. The molecule has 1 aliphatic heterocycles. The highest BCUT2D eigenvalue weighted by Gasteiger charge is 2.25. The first-order valence-electron chi connectivity index (χ1n) is 7.00. The Hall–Kier alpha value is -2.29. The van der Waals surface area contributed by atoms with E-state index < -0.39 is 0 Å². The predicted molar refractivity (Wildman–Crippen MR) is 82.0 cm³/mol. The Labute approximate surface area is 118 Å². The van der Waals surface area contributed by atoms with Gasteiger partial charge in [-0.05, 0) is 36.2 Å². The molecule has 0 saturated heterocycles. The highest BCUT2D eigenvalue weighted by molar-refractivity contribution is 5.77. The summed E-state index contributed by atoms with van der Waals surface area (Å²) in [5.74, 6) is 1.11. The fourth-order valence-electron chi connectivity index (χ4n) is 3.09. The summed E-state index contributed by atoms with van der Waals surface area (Å²) in [4.78, 5) is 4.84. The summed E-state index contributed by atoms with van der Waals surface area (Å²) in [5.41, 5.74) is 6.15. The second-order valence-corrected chi connectivity index (χ2v) is 5.58. The molecule has 0 radical (unpaired) electrons. The van der Waals surface area contributed by atoms with Crippen molar-refractivity contribution in [3.8, 4) is 0 Å². The smallest absolute Gasteiger partial charge is 0.132 e. The van der Waals surface area contributed by atoms with Gasteiger partial charge in [0.25, 0.3) is 0 Å². The zero-order valence-corrected chi connectivity index (χ0v) is 11.7.